The normalized spacial score (nSPS) is 20.9. The second-order valence-electron chi connectivity index (χ2n) is 5.22. The molecule has 0 aromatic rings. The van der Waals surface area contributed by atoms with Crippen molar-refractivity contribution in [1.29, 1.82) is 0 Å². The van der Waals surface area contributed by atoms with Gasteiger partial charge in [-0.2, -0.15) is 0 Å². The molecule has 1 atom stereocenters. The van der Waals surface area contributed by atoms with E-state index in [4.69, 9.17) is 5.11 Å². The molecule has 0 saturated carbocycles. The van der Waals surface area contributed by atoms with Crippen molar-refractivity contribution < 1.29 is 9.90 Å². The Hall–Kier alpha value is -0.610. The highest BCUT2D eigenvalue weighted by Crippen LogP contribution is 2.19. The molecule has 1 rings (SSSR count). The van der Waals surface area contributed by atoms with Gasteiger partial charge in [-0.15, -0.1) is 0 Å². The third kappa shape index (κ3) is 5.50. The lowest BCUT2D eigenvalue weighted by Crippen LogP contribution is -2.41. The van der Waals surface area contributed by atoms with Crippen LogP contribution in [0.4, 0.5) is 0 Å². The minimum absolute atomic E-state index is 0.238. The molecule has 0 aliphatic carbocycles. The van der Waals surface area contributed by atoms with Crippen LogP contribution in [0.1, 0.15) is 39.5 Å². The molecular formula is C13H26N2O2. The van der Waals surface area contributed by atoms with Crippen molar-refractivity contribution in [3.8, 4) is 0 Å². The molecule has 0 spiro atoms. The molecule has 0 bridgehead atoms. The van der Waals surface area contributed by atoms with Crippen LogP contribution in [0.5, 0.6) is 0 Å². The fourth-order valence-electron chi connectivity index (χ4n) is 2.34. The SMILES string of the molecule is CC(C)NCCC(=O)N1CCCC(CCO)C1. The minimum atomic E-state index is 0.238. The first-order chi connectivity index (χ1) is 8.13. The van der Waals surface area contributed by atoms with Crippen LogP contribution in [0.15, 0.2) is 0 Å². The monoisotopic (exact) mass is 242 g/mol. The summed E-state index contributed by atoms with van der Waals surface area (Å²) in [4.78, 5) is 13.9. The fourth-order valence-corrected chi connectivity index (χ4v) is 2.34. The van der Waals surface area contributed by atoms with Gasteiger partial charge < -0.3 is 15.3 Å². The van der Waals surface area contributed by atoms with Gasteiger partial charge in [0.15, 0.2) is 0 Å². The van der Waals surface area contributed by atoms with E-state index in [1.807, 2.05) is 4.90 Å². The predicted molar refractivity (Wildman–Crippen MR) is 68.8 cm³/mol. The number of nitrogens with one attached hydrogen (secondary N) is 1. The fraction of sp³-hybridized carbons (Fsp3) is 0.923. The number of piperidine rings is 1. The molecular weight excluding hydrogens is 216 g/mol. The molecule has 0 radical (unpaired) electrons. The van der Waals surface area contributed by atoms with E-state index in [1.165, 1.54) is 0 Å². The summed E-state index contributed by atoms with van der Waals surface area (Å²) in [5, 5.41) is 12.2. The van der Waals surface area contributed by atoms with E-state index in [2.05, 4.69) is 19.2 Å². The number of aliphatic hydroxyl groups excluding tert-OH is 1. The molecule has 1 amide bonds. The summed E-state index contributed by atoms with van der Waals surface area (Å²) in [5.41, 5.74) is 0. The van der Waals surface area contributed by atoms with E-state index >= 15 is 0 Å². The Bertz CT molecular complexity index is 229. The van der Waals surface area contributed by atoms with E-state index in [1.54, 1.807) is 0 Å². The number of hydrogen-bond acceptors (Lipinski definition) is 3. The van der Waals surface area contributed by atoms with Crippen molar-refractivity contribution in [1.82, 2.24) is 10.2 Å². The Labute approximate surface area is 104 Å². The average Bonchev–Trinajstić information content (AvgIpc) is 2.29. The van der Waals surface area contributed by atoms with E-state index in [-0.39, 0.29) is 12.5 Å². The molecule has 1 aliphatic rings. The average molecular weight is 242 g/mol. The molecule has 17 heavy (non-hydrogen) atoms. The van der Waals surface area contributed by atoms with Gasteiger partial charge in [0, 0.05) is 38.7 Å². The number of amides is 1. The molecule has 1 aliphatic heterocycles. The summed E-state index contributed by atoms with van der Waals surface area (Å²) in [6, 6.07) is 0.436. The molecule has 2 N–H and O–H groups in total. The van der Waals surface area contributed by atoms with Crippen molar-refractivity contribution >= 4 is 5.91 Å². The summed E-state index contributed by atoms with van der Waals surface area (Å²) in [7, 11) is 0. The summed E-state index contributed by atoms with van der Waals surface area (Å²) in [6.45, 7) is 6.90. The third-order valence-corrected chi connectivity index (χ3v) is 3.30. The van der Waals surface area contributed by atoms with Gasteiger partial charge >= 0.3 is 0 Å². The second kappa shape index (κ2) is 7.67. The van der Waals surface area contributed by atoms with Crippen molar-refractivity contribution in [2.24, 2.45) is 5.92 Å². The van der Waals surface area contributed by atoms with E-state index in [0.29, 0.717) is 18.4 Å². The van der Waals surface area contributed by atoms with Gasteiger partial charge in [0.05, 0.1) is 0 Å². The Balaban J connectivity index is 2.25. The van der Waals surface area contributed by atoms with Crippen molar-refractivity contribution in [2.75, 3.05) is 26.2 Å². The van der Waals surface area contributed by atoms with Crippen molar-refractivity contribution in [2.45, 2.75) is 45.6 Å². The summed E-state index contributed by atoms with van der Waals surface area (Å²) in [5.74, 6) is 0.747. The second-order valence-corrected chi connectivity index (χ2v) is 5.22. The lowest BCUT2D eigenvalue weighted by atomic mass is 9.95. The van der Waals surface area contributed by atoms with Crippen molar-refractivity contribution in [3.05, 3.63) is 0 Å². The number of rotatable bonds is 6. The van der Waals surface area contributed by atoms with Crippen LogP contribution in [0.25, 0.3) is 0 Å². The molecule has 100 valence electrons. The third-order valence-electron chi connectivity index (χ3n) is 3.30. The molecule has 1 saturated heterocycles. The quantitative estimate of drug-likeness (QED) is 0.730. The van der Waals surface area contributed by atoms with Crippen LogP contribution in [0.2, 0.25) is 0 Å². The number of hydrogen-bond donors (Lipinski definition) is 2. The predicted octanol–water partition coefficient (Wildman–Crippen LogP) is 0.995. The van der Waals surface area contributed by atoms with Crippen molar-refractivity contribution in [3.63, 3.8) is 0 Å². The first-order valence-corrected chi connectivity index (χ1v) is 6.75. The summed E-state index contributed by atoms with van der Waals surface area (Å²) < 4.78 is 0. The lowest BCUT2D eigenvalue weighted by Gasteiger charge is -2.32. The zero-order chi connectivity index (χ0) is 12.7. The van der Waals surface area contributed by atoms with E-state index in [9.17, 15) is 4.79 Å². The van der Waals surface area contributed by atoms with Crippen LogP contribution in [0.3, 0.4) is 0 Å². The Kier molecular flexibility index (Phi) is 6.52. The summed E-state index contributed by atoms with van der Waals surface area (Å²) in [6.07, 6.45) is 3.64. The van der Waals surface area contributed by atoms with Gasteiger partial charge in [-0.3, -0.25) is 4.79 Å². The first kappa shape index (κ1) is 14.5. The molecule has 4 heteroatoms. The standard InChI is InChI=1S/C13H26N2O2/c1-11(2)14-7-5-13(17)15-8-3-4-12(10-15)6-9-16/h11-12,14,16H,3-10H2,1-2H3. The number of carbonyl (C=O) groups is 1. The van der Waals surface area contributed by atoms with E-state index in [0.717, 1.165) is 38.9 Å². The highest BCUT2D eigenvalue weighted by Gasteiger charge is 2.22. The smallest absolute Gasteiger partial charge is 0.223 e. The highest BCUT2D eigenvalue weighted by molar-refractivity contribution is 5.76. The molecule has 0 aromatic carbocycles. The number of aliphatic hydroxyl groups is 1. The maximum Gasteiger partial charge on any atom is 0.223 e. The zero-order valence-corrected chi connectivity index (χ0v) is 11.1. The molecule has 0 aromatic heterocycles. The molecule has 1 heterocycles. The van der Waals surface area contributed by atoms with E-state index < -0.39 is 0 Å². The molecule has 4 nitrogen and oxygen atoms in total. The largest absolute Gasteiger partial charge is 0.396 e. The van der Waals surface area contributed by atoms with Gasteiger partial charge in [0.25, 0.3) is 0 Å². The number of carbonyl (C=O) groups excluding carboxylic acids is 1. The maximum absolute atomic E-state index is 12.0. The number of likely N-dealkylation sites (tertiary alicyclic amines) is 1. The van der Waals surface area contributed by atoms with Crippen LogP contribution in [-0.2, 0) is 4.79 Å². The minimum Gasteiger partial charge on any atom is -0.396 e. The van der Waals surface area contributed by atoms with Gasteiger partial charge in [-0.1, -0.05) is 13.8 Å². The van der Waals surface area contributed by atoms with Crippen LogP contribution in [0, 0.1) is 5.92 Å². The lowest BCUT2D eigenvalue weighted by molar-refractivity contribution is -0.133. The maximum atomic E-state index is 12.0. The Morgan fingerprint density at radius 2 is 2.29 bits per heavy atom. The highest BCUT2D eigenvalue weighted by atomic mass is 16.3. The zero-order valence-electron chi connectivity index (χ0n) is 11.1. The Morgan fingerprint density at radius 1 is 1.53 bits per heavy atom. The molecule has 1 unspecified atom stereocenters. The molecule has 1 fully saturated rings. The van der Waals surface area contributed by atoms with Crippen LogP contribution >= 0.6 is 0 Å². The number of nitrogens with zero attached hydrogens (tertiary/aromatic N) is 1. The van der Waals surface area contributed by atoms with Gasteiger partial charge in [0.2, 0.25) is 5.91 Å². The van der Waals surface area contributed by atoms with Gasteiger partial charge in [0.1, 0.15) is 0 Å². The first-order valence-electron chi connectivity index (χ1n) is 6.75. The van der Waals surface area contributed by atoms with Gasteiger partial charge in [-0.05, 0) is 25.2 Å². The topological polar surface area (TPSA) is 52.6 Å². The van der Waals surface area contributed by atoms with Crippen LogP contribution in [-0.4, -0.2) is 48.2 Å². The Morgan fingerprint density at radius 3 is 2.94 bits per heavy atom. The van der Waals surface area contributed by atoms with Gasteiger partial charge in [-0.25, -0.2) is 0 Å². The van der Waals surface area contributed by atoms with Crippen LogP contribution < -0.4 is 5.32 Å². The summed E-state index contributed by atoms with van der Waals surface area (Å²) >= 11 is 0.